The first kappa shape index (κ1) is 26.8. The highest BCUT2D eigenvalue weighted by Crippen LogP contribution is 2.48. The van der Waals surface area contributed by atoms with E-state index in [1.54, 1.807) is 18.2 Å². The molecule has 1 aliphatic heterocycles. The summed E-state index contributed by atoms with van der Waals surface area (Å²) >= 11 is 3.75. The van der Waals surface area contributed by atoms with Crippen LogP contribution in [-0.2, 0) is 0 Å². The third-order valence-electron chi connectivity index (χ3n) is 9.45. The molecule has 1 aromatic heterocycles. The molecule has 0 saturated carbocycles. The van der Waals surface area contributed by atoms with Gasteiger partial charge in [0.25, 0.3) is 16.7 Å². The van der Waals surface area contributed by atoms with E-state index < -0.39 is 5.56 Å². The molecule has 0 bridgehead atoms. The second-order valence-corrected chi connectivity index (χ2v) is 12.2. The Morgan fingerprint density at radius 2 is 1.17 bits per heavy atom. The van der Waals surface area contributed by atoms with Crippen LogP contribution in [-0.4, -0.2) is 14.2 Å². The number of benzene rings is 5. The van der Waals surface area contributed by atoms with Crippen molar-refractivity contribution in [1.29, 1.82) is 0 Å². The van der Waals surface area contributed by atoms with E-state index in [9.17, 15) is 24.3 Å². The fourth-order valence-electron chi connectivity index (χ4n) is 7.41. The zero-order valence-corrected chi connectivity index (χ0v) is 25.4. The summed E-state index contributed by atoms with van der Waals surface area (Å²) < 4.78 is 3.47. The van der Waals surface area contributed by atoms with Gasteiger partial charge in [0.15, 0.2) is 5.43 Å². The number of aromatic nitrogens is 2. The SMILES string of the molecule is CCC(CC)n1c(O)c2cc(Br)c3c4ccc5c6c4c(c(=O)cc-6c(=O)n(C(CC)CC)c5=O)c4ccc(c1=O)c2c43. The molecule has 8 heteroatoms. The van der Waals surface area contributed by atoms with Crippen molar-refractivity contribution in [2.24, 2.45) is 0 Å². The van der Waals surface area contributed by atoms with E-state index in [1.807, 2.05) is 39.8 Å². The normalized spacial score (nSPS) is 12.7. The highest BCUT2D eigenvalue weighted by atomic mass is 79.9. The minimum absolute atomic E-state index is 0.0957. The predicted molar refractivity (Wildman–Crippen MR) is 174 cm³/mol. The first-order valence-electron chi connectivity index (χ1n) is 14.6. The second kappa shape index (κ2) is 9.23. The molecule has 212 valence electrons. The molecule has 7 nitrogen and oxygen atoms in total. The van der Waals surface area contributed by atoms with Crippen LogP contribution in [0.15, 0.2) is 60.0 Å². The standard InChI is InChI=1S/C34H29BrN2O5/c1-5-15(6-2)36-31(39)19-12-10-18-28-24(38)14-22-26-20(32(40)37(34(22)42)16(7-3)8-4)11-9-17(30(26)28)27-23(35)13-21(33(36)41)25(19)29(18)27/h9-16,41H,5-8H2,1-4H3. The van der Waals surface area contributed by atoms with Crippen molar-refractivity contribution in [3.8, 4) is 17.0 Å². The topological polar surface area (TPSA) is 98.4 Å². The molecule has 5 aromatic rings. The smallest absolute Gasteiger partial charge is 0.261 e. The quantitative estimate of drug-likeness (QED) is 0.157. The lowest BCUT2D eigenvalue weighted by atomic mass is 9.83. The van der Waals surface area contributed by atoms with Crippen LogP contribution in [0.5, 0.6) is 5.88 Å². The summed E-state index contributed by atoms with van der Waals surface area (Å²) in [4.78, 5) is 55.3. The van der Waals surface area contributed by atoms with Crippen molar-refractivity contribution >= 4 is 69.8 Å². The van der Waals surface area contributed by atoms with Crippen molar-refractivity contribution in [3.63, 3.8) is 0 Å². The molecule has 0 spiro atoms. The third-order valence-corrected chi connectivity index (χ3v) is 10.1. The Morgan fingerprint density at radius 1 is 0.619 bits per heavy atom. The molecule has 0 atom stereocenters. The Labute approximate surface area is 248 Å². The van der Waals surface area contributed by atoms with E-state index in [1.165, 1.54) is 15.2 Å². The minimum Gasteiger partial charge on any atom is -0.494 e. The van der Waals surface area contributed by atoms with Crippen LogP contribution in [0.4, 0.5) is 0 Å². The average Bonchev–Trinajstić information content (AvgIpc) is 2.99. The minimum atomic E-state index is -0.441. The van der Waals surface area contributed by atoms with E-state index >= 15 is 0 Å². The van der Waals surface area contributed by atoms with Gasteiger partial charge in [0, 0.05) is 65.2 Å². The maximum absolute atomic E-state index is 13.9. The zero-order valence-electron chi connectivity index (χ0n) is 23.8. The fraction of sp³-hybridized carbons (Fsp3) is 0.294. The van der Waals surface area contributed by atoms with Crippen molar-refractivity contribution in [2.45, 2.75) is 65.5 Å². The van der Waals surface area contributed by atoms with Gasteiger partial charge in [0.2, 0.25) is 5.88 Å². The molecule has 0 amide bonds. The monoisotopic (exact) mass is 624 g/mol. The van der Waals surface area contributed by atoms with Gasteiger partial charge < -0.3 is 5.11 Å². The number of hydrogen-bond donors (Lipinski definition) is 1. The van der Waals surface area contributed by atoms with Gasteiger partial charge in [-0.25, -0.2) is 0 Å². The van der Waals surface area contributed by atoms with E-state index in [4.69, 9.17) is 0 Å². The Kier molecular flexibility index (Phi) is 5.90. The summed E-state index contributed by atoms with van der Waals surface area (Å²) in [6, 6.07) is 9.88. The Hall–Kier alpha value is -4.04. The van der Waals surface area contributed by atoms with Gasteiger partial charge in [-0.15, -0.1) is 0 Å². The summed E-state index contributed by atoms with van der Waals surface area (Å²) in [6.07, 6.45) is 2.62. The number of fused-ring (bicyclic) bond motifs is 2. The number of pyridine rings is 2. The maximum atomic E-state index is 13.9. The molecule has 7 rings (SSSR count). The lowest BCUT2D eigenvalue weighted by molar-refractivity contribution is 0.362. The Bertz CT molecular complexity index is 2420. The summed E-state index contributed by atoms with van der Waals surface area (Å²) in [5.74, 6) is -0.0957. The lowest BCUT2D eigenvalue weighted by Gasteiger charge is -2.24. The molecule has 2 heterocycles. The van der Waals surface area contributed by atoms with E-state index in [2.05, 4.69) is 15.9 Å². The first-order chi connectivity index (χ1) is 20.2. The van der Waals surface area contributed by atoms with E-state index in [0.29, 0.717) is 84.2 Å². The third kappa shape index (κ3) is 3.16. The molecule has 4 aromatic carbocycles. The van der Waals surface area contributed by atoms with Crippen LogP contribution in [0.1, 0.15) is 65.5 Å². The van der Waals surface area contributed by atoms with Gasteiger partial charge in [-0.3, -0.25) is 28.3 Å². The highest BCUT2D eigenvalue weighted by molar-refractivity contribution is 9.10. The van der Waals surface area contributed by atoms with Crippen molar-refractivity contribution in [2.75, 3.05) is 0 Å². The van der Waals surface area contributed by atoms with Crippen LogP contribution < -0.4 is 22.1 Å². The summed E-state index contributed by atoms with van der Waals surface area (Å²) in [5, 5.41) is 17.2. The van der Waals surface area contributed by atoms with Gasteiger partial charge >= 0.3 is 0 Å². The van der Waals surface area contributed by atoms with Crippen LogP contribution in [0.3, 0.4) is 0 Å². The summed E-state index contributed by atoms with van der Waals surface area (Å²) in [7, 11) is 0. The number of nitrogens with zero attached hydrogens (tertiary/aromatic N) is 2. The van der Waals surface area contributed by atoms with E-state index in [-0.39, 0.29) is 40.1 Å². The van der Waals surface area contributed by atoms with Gasteiger partial charge in [-0.1, -0.05) is 55.8 Å². The number of aromatic hydroxyl groups is 1. The van der Waals surface area contributed by atoms with Crippen molar-refractivity contribution in [3.05, 3.63) is 82.2 Å². The maximum Gasteiger partial charge on any atom is 0.261 e. The largest absolute Gasteiger partial charge is 0.494 e. The molecular weight excluding hydrogens is 596 g/mol. The van der Waals surface area contributed by atoms with E-state index in [0.717, 1.165) is 5.39 Å². The van der Waals surface area contributed by atoms with Crippen LogP contribution in [0.25, 0.3) is 65.0 Å². The molecule has 0 unspecified atom stereocenters. The first-order valence-corrected chi connectivity index (χ1v) is 15.4. The number of rotatable bonds is 6. The van der Waals surface area contributed by atoms with Gasteiger partial charge in [0.05, 0.1) is 5.56 Å². The van der Waals surface area contributed by atoms with Gasteiger partial charge in [-0.05, 0) is 60.7 Å². The summed E-state index contributed by atoms with van der Waals surface area (Å²) in [6.45, 7) is 7.87. The molecule has 1 aliphatic carbocycles. The molecule has 2 aliphatic rings. The number of hydrogen-bond acceptors (Lipinski definition) is 5. The second-order valence-electron chi connectivity index (χ2n) is 11.3. The Balaban J connectivity index is 1.76. The van der Waals surface area contributed by atoms with Crippen molar-refractivity contribution < 1.29 is 5.11 Å². The van der Waals surface area contributed by atoms with Crippen LogP contribution in [0.2, 0.25) is 0 Å². The molecule has 0 radical (unpaired) electrons. The highest BCUT2D eigenvalue weighted by Gasteiger charge is 2.29. The van der Waals surface area contributed by atoms with Gasteiger partial charge in [0.1, 0.15) is 0 Å². The van der Waals surface area contributed by atoms with Crippen LogP contribution in [0, 0.1) is 0 Å². The molecule has 1 N–H and O–H groups in total. The average molecular weight is 626 g/mol. The fourth-order valence-corrected chi connectivity index (χ4v) is 8.05. The van der Waals surface area contributed by atoms with Crippen molar-refractivity contribution in [1.82, 2.24) is 9.13 Å². The molecular formula is C34H29BrN2O5. The molecule has 0 saturated heterocycles. The molecule has 42 heavy (non-hydrogen) atoms. The summed E-state index contributed by atoms with van der Waals surface area (Å²) in [5.41, 5.74) is -0.642. The zero-order chi connectivity index (χ0) is 29.8. The predicted octanol–water partition coefficient (Wildman–Crippen LogP) is 7.10. The molecule has 0 fully saturated rings. The Morgan fingerprint density at radius 3 is 1.81 bits per heavy atom. The lowest BCUT2D eigenvalue weighted by Crippen LogP contribution is -2.38. The number of halogens is 1. The van der Waals surface area contributed by atoms with Crippen LogP contribution >= 0.6 is 15.9 Å². The van der Waals surface area contributed by atoms with Gasteiger partial charge in [-0.2, -0.15) is 0 Å².